The van der Waals surface area contributed by atoms with Crippen LogP contribution in [0.5, 0.6) is 0 Å². The van der Waals surface area contributed by atoms with Gasteiger partial charge in [0.25, 0.3) is 0 Å². The molecule has 0 bridgehead atoms. The van der Waals surface area contributed by atoms with E-state index in [-0.39, 0.29) is 12.4 Å². The monoisotopic (exact) mass is 311 g/mol. The molecular weight excluding hydrogens is 294 g/mol. The van der Waals surface area contributed by atoms with Crippen LogP contribution in [0.1, 0.15) is 17.3 Å². The van der Waals surface area contributed by atoms with Crippen molar-refractivity contribution in [1.82, 2.24) is 0 Å². The molecule has 0 saturated carbocycles. The lowest BCUT2D eigenvalue weighted by Crippen LogP contribution is -2.24. The van der Waals surface area contributed by atoms with Crippen LogP contribution in [-0.4, -0.2) is 40.1 Å². The van der Waals surface area contributed by atoms with Gasteiger partial charge in [-0.3, -0.25) is 9.10 Å². The summed E-state index contributed by atoms with van der Waals surface area (Å²) in [7, 11) is -1.92. The number of hydrogen-bond donors (Lipinski definition) is 0. The first-order valence-corrected chi connectivity index (χ1v) is 7.97. The quantitative estimate of drug-likeness (QED) is 0.450. The van der Waals surface area contributed by atoms with Gasteiger partial charge in [0.15, 0.2) is 12.4 Å². The van der Waals surface area contributed by atoms with Crippen molar-refractivity contribution in [2.75, 3.05) is 24.2 Å². The van der Waals surface area contributed by atoms with Crippen molar-refractivity contribution >= 4 is 27.5 Å². The molecule has 21 heavy (non-hydrogen) atoms. The smallest absolute Gasteiger partial charge is 0.330 e. The predicted octanol–water partition coefficient (Wildman–Crippen LogP) is 1.38. The number of allylic oxidation sites excluding steroid dienone is 1. The molecule has 0 atom stereocenters. The Morgan fingerprint density at radius 2 is 1.81 bits per heavy atom. The molecule has 1 aromatic rings. The highest BCUT2D eigenvalue weighted by Crippen LogP contribution is 2.16. The van der Waals surface area contributed by atoms with Gasteiger partial charge in [-0.05, 0) is 31.2 Å². The Morgan fingerprint density at radius 3 is 2.29 bits per heavy atom. The standard InChI is InChI=1S/C14H17NO5S/c1-4-5-14(17)20-10-13(16)11-6-8-12(9-7-11)15(2)21(3,18)19/h4-9H,10H2,1-3H3/b5-4+. The van der Waals surface area contributed by atoms with Crippen LogP contribution >= 0.6 is 0 Å². The highest BCUT2D eigenvalue weighted by molar-refractivity contribution is 7.92. The van der Waals surface area contributed by atoms with Gasteiger partial charge in [0.1, 0.15) is 0 Å². The zero-order valence-corrected chi connectivity index (χ0v) is 12.9. The molecule has 0 aliphatic heterocycles. The van der Waals surface area contributed by atoms with E-state index in [4.69, 9.17) is 4.74 Å². The van der Waals surface area contributed by atoms with E-state index in [0.717, 1.165) is 10.6 Å². The molecular formula is C14H17NO5S. The highest BCUT2D eigenvalue weighted by atomic mass is 32.2. The minimum atomic E-state index is -3.35. The predicted molar refractivity (Wildman–Crippen MR) is 79.8 cm³/mol. The molecule has 0 saturated heterocycles. The first kappa shape index (κ1) is 16.9. The molecule has 0 heterocycles. The normalized spacial score (nSPS) is 11.4. The number of hydrogen-bond acceptors (Lipinski definition) is 5. The summed E-state index contributed by atoms with van der Waals surface area (Å²) < 4.78 is 28.6. The number of nitrogens with zero attached hydrogens (tertiary/aromatic N) is 1. The second kappa shape index (κ2) is 7.03. The Labute approximate surface area is 124 Å². The van der Waals surface area contributed by atoms with E-state index in [1.807, 2.05) is 0 Å². The largest absolute Gasteiger partial charge is 0.454 e. The van der Waals surface area contributed by atoms with Crippen LogP contribution in [0, 0.1) is 0 Å². The zero-order valence-electron chi connectivity index (χ0n) is 12.1. The molecule has 1 rings (SSSR count). The first-order valence-electron chi connectivity index (χ1n) is 6.12. The van der Waals surface area contributed by atoms with E-state index in [0.29, 0.717) is 11.3 Å². The van der Waals surface area contributed by atoms with Crippen molar-refractivity contribution < 1.29 is 22.7 Å². The fraction of sp³-hybridized carbons (Fsp3) is 0.286. The van der Waals surface area contributed by atoms with Crippen LogP contribution in [0.4, 0.5) is 5.69 Å². The molecule has 0 radical (unpaired) electrons. The topological polar surface area (TPSA) is 80.8 Å². The molecule has 0 unspecified atom stereocenters. The van der Waals surface area contributed by atoms with Crippen LogP contribution in [0.25, 0.3) is 0 Å². The molecule has 0 N–H and O–H groups in total. The number of ether oxygens (including phenoxy) is 1. The molecule has 0 amide bonds. The third kappa shape index (κ3) is 5.03. The average Bonchev–Trinajstić information content (AvgIpc) is 2.43. The van der Waals surface area contributed by atoms with E-state index < -0.39 is 16.0 Å². The number of rotatable bonds is 6. The lowest BCUT2D eigenvalue weighted by molar-refractivity contribution is -0.136. The van der Waals surface area contributed by atoms with E-state index in [1.54, 1.807) is 6.92 Å². The molecule has 6 nitrogen and oxygen atoms in total. The van der Waals surface area contributed by atoms with Crippen LogP contribution in [-0.2, 0) is 19.6 Å². The zero-order chi connectivity index (χ0) is 16.0. The summed E-state index contributed by atoms with van der Waals surface area (Å²) in [4.78, 5) is 22.9. The number of sulfonamides is 1. The summed E-state index contributed by atoms with van der Waals surface area (Å²) in [6.07, 6.45) is 3.83. The van der Waals surface area contributed by atoms with Crippen LogP contribution in [0.3, 0.4) is 0 Å². The highest BCUT2D eigenvalue weighted by Gasteiger charge is 2.13. The number of carbonyl (C=O) groups excluding carboxylic acids is 2. The van der Waals surface area contributed by atoms with Gasteiger partial charge in [-0.2, -0.15) is 0 Å². The molecule has 0 aliphatic carbocycles. The number of ketones is 1. The van der Waals surface area contributed by atoms with Gasteiger partial charge in [0, 0.05) is 18.7 Å². The van der Waals surface area contributed by atoms with Gasteiger partial charge >= 0.3 is 5.97 Å². The summed E-state index contributed by atoms with van der Waals surface area (Å²) in [6, 6.07) is 6.01. The molecule has 7 heteroatoms. The van der Waals surface area contributed by atoms with Crippen molar-refractivity contribution in [1.29, 1.82) is 0 Å². The van der Waals surface area contributed by atoms with Gasteiger partial charge in [0.2, 0.25) is 10.0 Å². The van der Waals surface area contributed by atoms with Crippen LogP contribution in [0.15, 0.2) is 36.4 Å². The summed E-state index contributed by atoms with van der Waals surface area (Å²) in [6.45, 7) is 1.31. The molecule has 1 aromatic carbocycles. The third-order valence-electron chi connectivity index (χ3n) is 2.70. The first-order chi connectivity index (χ1) is 9.75. The lowest BCUT2D eigenvalue weighted by Gasteiger charge is -2.16. The molecule has 0 aromatic heterocycles. The Morgan fingerprint density at radius 1 is 1.24 bits per heavy atom. The minimum absolute atomic E-state index is 0.342. The second-order valence-corrected chi connectivity index (χ2v) is 6.32. The van der Waals surface area contributed by atoms with E-state index in [2.05, 4.69) is 0 Å². The van der Waals surface area contributed by atoms with Crippen molar-refractivity contribution in [3.05, 3.63) is 42.0 Å². The fourth-order valence-corrected chi connectivity index (χ4v) is 1.96. The number of benzene rings is 1. The van der Waals surface area contributed by atoms with Crippen LogP contribution < -0.4 is 4.31 Å². The summed E-state index contributed by atoms with van der Waals surface area (Å²) >= 11 is 0. The molecule has 114 valence electrons. The number of anilines is 1. The molecule has 0 spiro atoms. The van der Waals surface area contributed by atoms with Crippen molar-refractivity contribution in [3.63, 3.8) is 0 Å². The van der Waals surface area contributed by atoms with Gasteiger partial charge in [-0.25, -0.2) is 13.2 Å². The van der Waals surface area contributed by atoms with Crippen LogP contribution in [0.2, 0.25) is 0 Å². The minimum Gasteiger partial charge on any atom is -0.454 e. The Balaban J connectivity index is 2.74. The summed E-state index contributed by atoms with van der Waals surface area (Å²) in [5, 5.41) is 0. The van der Waals surface area contributed by atoms with Crippen molar-refractivity contribution in [3.8, 4) is 0 Å². The Bertz CT molecular complexity index is 646. The van der Waals surface area contributed by atoms with E-state index in [1.165, 1.54) is 43.5 Å². The maximum absolute atomic E-state index is 11.8. The Hall–Kier alpha value is -2.15. The van der Waals surface area contributed by atoms with Gasteiger partial charge in [-0.15, -0.1) is 0 Å². The maximum atomic E-state index is 11.8. The van der Waals surface area contributed by atoms with Gasteiger partial charge < -0.3 is 4.74 Å². The summed E-state index contributed by atoms with van der Waals surface area (Å²) in [5.41, 5.74) is 0.786. The van der Waals surface area contributed by atoms with Gasteiger partial charge in [0.05, 0.1) is 11.9 Å². The SMILES string of the molecule is C/C=C/C(=O)OCC(=O)c1ccc(N(C)S(C)(=O)=O)cc1. The van der Waals surface area contributed by atoms with Crippen molar-refractivity contribution in [2.24, 2.45) is 0 Å². The molecule has 0 fully saturated rings. The van der Waals surface area contributed by atoms with Gasteiger partial charge in [-0.1, -0.05) is 6.08 Å². The van der Waals surface area contributed by atoms with Crippen molar-refractivity contribution in [2.45, 2.75) is 6.92 Å². The Kier molecular flexibility index (Phi) is 5.66. The average molecular weight is 311 g/mol. The van der Waals surface area contributed by atoms with E-state index >= 15 is 0 Å². The third-order valence-corrected chi connectivity index (χ3v) is 3.90. The maximum Gasteiger partial charge on any atom is 0.330 e. The fourth-order valence-electron chi connectivity index (χ4n) is 1.45. The van der Waals surface area contributed by atoms with E-state index in [9.17, 15) is 18.0 Å². The summed E-state index contributed by atoms with van der Waals surface area (Å²) in [5.74, 6) is -0.944. The second-order valence-electron chi connectivity index (χ2n) is 4.31. The molecule has 0 aliphatic rings. The lowest BCUT2D eigenvalue weighted by atomic mass is 10.1. The number of carbonyl (C=O) groups is 2. The number of esters is 1. The number of Topliss-reactive ketones (excluding diaryl/α,β-unsaturated/α-hetero) is 1.